The second-order valence-corrected chi connectivity index (χ2v) is 3.40. The minimum Gasteiger partial charge on any atom is -0.314 e. The smallest absolute Gasteiger partial charge is 0.120 e. The highest BCUT2D eigenvalue weighted by atomic mass is 35.5. The number of carbonyl (C=O) groups excluding carboxylic acids is 1. The average Bonchev–Trinajstić information content (AvgIpc) is 2.09. The molecule has 0 saturated carbocycles. The lowest BCUT2D eigenvalue weighted by molar-refractivity contribution is -0.108. The van der Waals surface area contributed by atoms with Crippen LogP contribution in [0.15, 0.2) is 0 Å². The minimum atomic E-state index is 0. The zero-order valence-electron chi connectivity index (χ0n) is 8.16. The minimum absolute atomic E-state index is 0. The summed E-state index contributed by atoms with van der Waals surface area (Å²) in [5, 5.41) is 3.34. The first kappa shape index (κ1) is 12.9. The number of hydrogen-bond acceptors (Lipinski definition) is 3. The summed E-state index contributed by atoms with van der Waals surface area (Å²) in [7, 11) is 0. The molecule has 0 aliphatic carbocycles. The standard InChI is InChI=1S/C9H18N2O.ClH/c1-9-8-10-4-6-11(9)5-2-3-7-12;/h7,9-10H,2-6,8H2,1H3;1H. The Kier molecular flexibility index (Phi) is 7.23. The molecule has 1 aliphatic heterocycles. The maximum atomic E-state index is 10.1. The highest BCUT2D eigenvalue weighted by molar-refractivity contribution is 5.85. The maximum Gasteiger partial charge on any atom is 0.120 e. The van der Waals surface area contributed by atoms with Crippen LogP contribution in [0.4, 0.5) is 0 Å². The molecule has 13 heavy (non-hydrogen) atoms. The van der Waals surface area contributed by atoms with Gasteiger partial charge in [-0.2, -0.15) is 0 Å². The third-order valence-corrected chi connectivity index (χ3v) is 2.41. The topological polar surface area (TPSA) is 32.3 Å². The van der Waals surface area contributed by atoms with Crippen LogP contribution in [-0.2, 0) is 4.79 Å². The summed E-state index contributed by atoms with van der Waals surface area (Å²) >= 11 is 0. The van der Waals surface area contributed by atoms with Crippen molar-refractivity contribution in [3.8, 4) is 0 Å². The van der Waals surface area contributed by atoms with E-state index in [1.165, 1.54) is 0 Å². The first-order valence-electron chi connectivity index (χ1n) is 4.73. The number of nitrogens with zero attached hydrogens (tertiary/aromatic N) is 1. The average molecular weight is 207 g/mol. The Morgan fingerprint density at radius 2 is 2.38 bits per heavy atom. The summed E-state index contributed by atoms with van der Waals surface area (Å²) in [6.07, 6.45) is 2.72. The Morgan fingerprint density at radius 3 is 3.00 bits per heavy atom. The molecule has 0 radical (unpaired) electrons. The van der Waals surface area contributed by atoms with E-state index in [1.54, 1.807) is 0 Å². The third-order valence-electron chi connectivity index (χ3n) is 2.41. The second kappa shape index (κ2) is 7.30. The van der Waals surface area contributed by atoms with Crippen molar-refractivity contribution in [1.82, 2.24) is 10.2 Å². The molecule has 1 aliphatic rings. The number of rotatable bonds is 4. The van der Waals surface area contributed by atoms with Crippen LogP contribution < -0.4 is 5.32 Å². The monoisotopic (exact) mass is 206 g/mol. The molecule has 1 heterocycles. The van der Waals surface area contributed by atoms with E-state index in [9.17, 15) is 4.79 Å². The molecule has 3 nitrogen and oxygen atoms in total. The van der Waals surface area contributed by atoms with Gasteiger partial charge in [0, 0.05) is 32.1 Å². The Hall–Kier alpha value is -0.120. The molecule has 0 aromatic carbocycles. The third kappa shape index (κ3) is 4.60. The summed E-state index contributed by atoms with van der Waals surface area (Å²) < 4.78 is 0. The van der Waals surface area contributed by atoms with Gasteiger partial charge in [0.05, 0.1) is 0 Å². The van der Waals surface area contributed by atoms with Gasteiger partial charge in [-0.15, -0.1) is 12.4 Å². The van der Waals surface area contributed by atoms with Crippen molar-refractivity contribution < 1.29 is 4.79 Å². The van der Waals surface area contributed by atoms with E-state index in [0.29, 0.717) is 12.5 Å². The van der Waals surface area contributed by atoms with Crippen LogP contribution in [0, 0.1) is 0 Å². The molecule has 0 aromatic heterocycles. The first-order chi connectivity index (χ1) is 5.84. The van der Waals surface area contributed by atoms with E-state index in [0.717, 1.165) is 38.9 Å². The first-order valence-corrected chi connectivity index (χ1v) is 4.73. The van der Waals surface area contributed by atoms with Crippen molar-refractivity contribution >= 4 is 18.7 Å². The molecule has 1 fully saturated rings. The lowest BCUT2D eigenvalue weighted by Gasteiger charge is -2.33. The summed E-state index contributed by atoms with van der Waals surface area (Å²) in [5.74, 6) is 0. The predicted molar refractivity (Wildman–Crippen MR) is 56.5 cm³/mol. The fourth-order valence-electron chi connectivity index (χ4n) is 1.59. The van der Waals surface area contributed by atoms with Crippen molar-refractivity contribution in [2.45, 2.75) is 25.8 Å². The van der Waals surface area contributed by atoms with E-state index < -0.39 is 0 Å². The number of unbranched alkanes of at least 4 members (excludes halogenated alkanes) is 1. The van der Waals surface area contributed by atoms with Gasteiger partial charge in [-0.1, -0.05) is 0 Å². The number of halogens is 1. The number of nitrogens with one attached hydrogen (secondary N) is 1. The molecule has 0 spiro atoms. The van der Waals surface area contributed by atoms with Gasteiger partial charge >= 0.3 is 0 Å². The van der Waals surface area contributed by atoms with E-state index in [2.05, 4.69) is 17.1 Å². The molecule has 1 saturated heterocycles. The zero-order chi connectivity index (χ0) is 8.81. The summed E-state index contributed by atoms with van der Waals surface area (Å²) in [5.41, 5.74) is 0. The maximum absolute atomic E-state index is 10.1. The number of piperazine rings is 1. The van der Waals surface area contributed by atoms with Crippen molar-refractivity contribution in [3.05, 3.63) is 0 Å². The molecule has 1 N–H and O–H groups in total. The Morgan fingerprint density at radius 1 is 1.62 bits per heavy atom. The fraction of sp³-hybridized carbons (Fsp3) is 0.889. The van der Waals surface area contributed by atoms with E-state index in [4.69, 9.17) is 0 Å². The van der Waals surface area contributed by atoms with Crippen molar-refractivity contribution in [3.63, 3.8) is 0 Å². The normalized spacial score (nSPS) is 23.6. The van der Waals surface area contributed by atoms with Crippen LogP contribution >= 0.6 is 12.4 Å². The molecule has 1 atom stereocenters. The predicted octanol–water partition coefficient (Wildman–Crippen LogP) is 0.681. The molecule has 0 bridgehead atoms. The zero-order valence-corrected chi connectivity index (χ0v) is 8.98. The van der Waals surface area contributed by atoms with Crippen LogP contribution in [0.25, 0.3) is 0 Å². The van der Waals surface area contributed by atoms with E-state index in [-0.39, 0.29) is 12.4 Å². The van der Waals surface area contributed by atoms with Crippen molar-refractivity contribution in [1.29, 1.82) is 0 Å². The van der Waals surface area contributed by atoms with Crippen molar-refractivity contribution in [2.75, 3.05) is 26.2 Å². The molecule has 1 rings (SSSR count). The summed E-state index contributed by atoms with van der Waals surface area (Å²) in [4.78, 5) is 12.5. The van der Waals surface area contributed by atoms with Crippen LogP contribution in [0.5, 0.6) is 0 Å². The van der Waals surface area contributed by atoms with Gasteiger partial charge < -0.3 is 10.1 Å². The molecule has 78 valence electrons. The van der Waals surface area contributed by atoms with Gasteiger partial charge in [-0.25, -0.2) is 0 Å². The van der Waals surface area contributed by atoms with Crippen LogP contribution in [0.1, 0.15) is 19.8 Å². The molecule has 0 aromatic rings. The van der Waals surface area contributed by atoms with Crippen LogP contribution in [0.2, 0.25) is 0 Å². The number of hydrogen-bond donors (Lipinski definition) is 1. The molecular weight excluding hydrogens is 188 g/mol. The van der Waals surface area contributed by atoms with Gasteiger partial charge in [0.1, 0.15) is 6.29 Å². The Labute approximate surface area is 86.3 Å². The highest BCUT2D eigenvalue weighted by Gasteiger charge is 2.16. The highest BCUT2D eigenvalue weighted by Crippen LogP contribution is 2.03. The van der Waals surface area contributed by atoms with Gasteiger partial charge in [-0.3, -0.25) is 4.90 Å². The van der Waals surface area contributed by atoms with Gasteiger partial charge in [0.2, 0.25) is 0 Å². The van der Waals surface area contributed by atoms with Gasteiger partial charge in [0.15, 0.2) is 0 Å². The van der Waals surface area contributed by atoms with Crippen LogP contribution in [-0.4, -0.2) is 43.4 Å². The Bertz CT molecular complexity index is 144. The summed E-state index contributed by atoms with van der Waals surface area (Å²) in [6, 6.07) is 0.630. The summed E-state index contributed by atoms with van der Waals surface area (Å²) in [6.45, 7) is 6.60. The lowest BCUT2D eigenvalue weighted by atomic mass is 10.2. The largest absolute Gasteiger partial charge is 0.314 e. The second-order valence-electron chi connectivity index (χ2n) is 3.40. The fourth-order valence-corrected chi connectivity index (χ4v) is 1.59. The Balaban J connectivity index is 0.00000144. The molecule has 0 amide bonds. The SMILES string of the molecule is CC1CNCCN1CCCC=O.Cl. The number of carbonyl (C=O) groups is 1. The van der Waals surface area contributed by atoms with Gasteiger partial charge in [0.25, 0.3) is 0 Å². The van der Waals surface area contributed by atoms with E-state index >= 15 is 0 Å². The van der Waals surface area contributed by atoms with Gasteiger partial charge in [-0.05, 0) is 19.9 Å². The van der Waals surface area contributed by atoms with E-state index in [1.807, 2.05) is 0 Å². The lowest BCUT2D eigenvalue weighted by Crippen LogP contribution is -2.49. The van der Waals surface area contributed by atoms with Crippen LogP contribution in [0.3, 0.4) is 0 Å². The molecule has 4 heteroatoms. The van der Waals surface area contributed by atoms with Crippen molar-refractivity contribution in [2.24, 2.45) is 0 Å². The number of aldehydes is 1. The molecular formula is C9H19ClN2O. The molecule has 1 unspecified atom stereocenters. The quantitative estimate of drug-likeness (QED) is 0.543.